The molecule has 1 aliphatic rings. The Morgan fingerprint density at radius 2 is 2.39 bits per heavy atom. The van der Waals surface area contributed by atoms with E-state index >= 15 is 0 Å². The van der Waals surface area contributed by atoms with Crippen molar-refractivity contribution < 1.29 is 5.11 Å². The Morgan fingerprint density at radius 3 is 3.11 bits per heavy atom. The molecule has 1 aliphatic heterocycles. The molecule has 1 aromatic rings. The zero-order chi connectivity index (χ0) is 13.0. The summed E-state index contributed by atoms with van der Waals surface area (Å²) in [6, 6.07) is 5.60. The second-order valence-corrected chi connectivity index (χ2v) is 4.69. The van der Waals surface area contributed by atoms with E-state index in [1.54, 1.807) is 6.07 Å². The van der Waals surface area contributed by atoms with Crippen molar-refractivity contribution in [2.45, 2.75) is 19.3 Å². The predicted molar refractivity (Wildman–Crippen MR) is 70.0 cm³/mol. The molecule has 1 aromatic heterocycles. The minimum absolute atomic E-state index is 0.233. The third-order valence-corrected chi connectivity index (χ3v) is 3.40. The third-order valence-electron chi connectivity index (χ3n) is 3.40. The second kappa shape index (κ2) is 5.69. The molecule has 96 valence electrons. The number of hydrogen-bond donors (Lipinski definition) is 2. The summed E-state index contributed by atoms with van der Waals surface area (Å²) in [5, 5.41) is 17.9. The van der Waals surface area contributed by atoms with Crippen molar-refractivity contribution >= 4 is 11.5 Å². The van der Waals surface area contributed by atoms with E-state index in [0.29, 0.717) is 11.6 Å². The summed E-state index contributed by atoms with van der Waals surface area (Å²) in [6.07, 6.45) is 3.08. The second-order valence-electron chi connectivity index (χ2n) is 4.69. The number of aliphatic hydroxyl groups is 1. The van der Waals surface area contributed by atoms with Crippen molar-refractivity contribution in [1.29, 1.82) is 5.26 Å². The van der Waals surface area contributed by atoms with Crippen LogP contribution in [0.5, 0.6) is 0 Å². The monoisotopic (exact) mass is 246 g/mol. The number of nitriles is 1. The Labute approximate surface area is 107 Å². The molecule has 0 amide bonds. The summed E-state index contributed by atoms with van der Waals surface area (Å²) in [6.45, 7) is 2.07. The molecular weight excluding hydrogens is 228 g/mol. The summed E-state index contributed by atoms with van der Waals surface area (Å²) in [5.74, 6) is 1.32. The van der Waals surface area contributed by atoms with E-state index in [4.69, 9.17) is 16.1 Å². The molecule has 5 nitrogen and oxygen atoms in total. The Kier molecular flexibility index (Phi) is 4.00. The van der Waals surface area contributed by atoms with Crippen LogP contribution in [0, 0.1) is 17.2 Å². The molecule has 2 rings (SSSR count). The number of piperidine rings is 1. The number of hydrogen-bond acceptors (Lipinski definition) is 5. The zero-order valence-electron chi connectivity index (χ0n) is 10.3. The molecule has 0 saturated carbocycles. The van der Waals surface area contributed by atoms with Crippen molar-refractivity contribution in [3.8, 4) is 6.07 Å². The number of rotatable bonds is 3. The minimum atomic E-state index is 0.233. The number of nitrogens with zero attached hydrogens (tertiary/aromatic N) is 3. The van der Waals surface area contributed by atoms with Crippen LogP contribution in [-0.2, 0) is 0 Å². The molecule has 0 bridgehead atoms. The smallest absolute Gasteiger partial charge is 0.165 e. The highest BCUT2D eigenvalue weighted by atomic mass is 16.3. The van der Waals surface area contributed by atoms with Gasteiger partial charge in [0.15, 0.2) is 5.69 Å². The maximum atomic E-state index is 9.00. The third kappa shape index (κ3) is 2.71. The van der Waals surface area contributed by atoms with Crippen LogP contribution in [0.1, 0.15) is 25.0 Å². The summed E-state index contributed by atoms with van der Waals surface area (Å²) < 4.78 is 0. The fourth-order valence-electron chi connectivity index (χ4n) is 2.42. The van der Waals surface area contributed by atoms with Crippen molar-refractivity contribution in [3.63, 3.8) is 0 Å². The predicted octanol–water partition coefficient (Wildman–Crippen LogP) is 1.13. The van der Waals surface area contributed by atoms with Crippen molar-refractivity contribution in [1.82, 2.24) is 4.98 Å². The highest BCUT2D eigenvalue weighted by Crippen LogP contribution is 2.24. The van der Waals surface area contributed by atoms with Crippen LogP contribution in [0.3, 0.4) is 0 Å². The van der Waals surface area contributed by atoms with Gasteiger partial charge in [-0.25, -0.2) is 4.98 Å². The number of aliphatic hydroxyl groups excluding tert-OH is 1. The van der Waals surface area contributed by atoms with Crippen LogP contribution in [0.25, 0.3) is 0 Å². The fourth-order valence-corrected chi connectivity index (χ4v) is 2.42. The first-order valence-corrected chi connectivity index (χ1v) is 6.27. The Bertz CT molecular complexity index is 453. The molecule has 0 aliphatic carbocycles. The van der Waals surface area contributed by atoms with E-state index in [1.165, 1.54) is 0 Å². The van der Waals surface area contributed by atoms with E-state index in [9.17, 15) is 0 Å². The summed E-state index contributed by atoms with van der Waals surface area (Å²) in [4.78, 5) is 6.46. The van der Waals surface area contributed by atoms with E-state index < -0.39 is 0 Å². The Hall–Kier alpha value is -1.80. The molecule has 2 heterocycles. The first kappa shape index (κ1) is 12.7. The number of nitrogen functional groups attached to an aromatic ring is 1. The zero-order valence-corrected chi connectivity index (χ0v) is 10.3. The maximum absolute atomic E-state index is 9.00. The van der Waals surface area contributed by atoms with Gasteiger partial charge in [0.05, 0.1) is 5.69 Å². The number of pyridine rings is 1. The first-order chi connectivity index (χ1) is 8.74. The number of aromatic nitrogens is 1. The SMILES string of the molecule is N#Cc1nc(N2CCCC(CCO)C2)ccc1N. The van der Waals surface area contributed by atoms with Gasteiger partial charge < -0.3 is 15.7 Å². The van der Waals surface area contributed by atoms with Gasteiger partial charge in [-0.05, 0) is 37.3 Å². The standard InChI is InChI=1S/C13H18N4O/c14-8-12-11(15)3-4-13(16-12)17-6-1-2-10(9-17)5-7-18/h3-4,10,18H,1-2,5-7,9,15H2. The molecule has 3 N–H and O–H groups in total. The lowest BCUT2D eigenvalue weighted by Crippen LogP contribution is -2.36. The molecule has 0 radical (unpaired) electrons. The quantitative estimate of drug-likeness (QED) is 0.835. The van der Waals surface area contributed by atoms with Gasteiger partial charge in [0.1, 0.15) is 11.9 Å². The van der Waals surface area contributed by atoms with Crippen LogP contribution in [0.4, 0.5) is 11.5 Å². The van der Waals surface area contributed by atoms with Gasteiger partial charge in [-0.3, -0.25) is 0 Å². The van der Waals surface area contributed by atoms with Gasteiger partial charge in [0, 0.05) is 19.7 Å². The lowest BCUT2D eigenvalue weighted by atomic mass is 9.95. The Morgan fingerprint density at radius 1 is 1.56 bits per heavy atom. The van der Waals surface area contributed by atoms with Gasteiger partial charge in [-0.15, -0.1) is 0 Å². The fraction of sp³-hybridized carbons (Fsp3) is 0.538. The van der Waals surface area contributed by atoms with Crippen molar-refractivity contribution in [2.75, 3.05) is 30.3 Å². The molecule has 0 spiro atoms. The summed E-state index contributed by atoms with van der Waals surface area (Å²) in [7, 11) is 0. The average molecular weight is 246 g/mol. The number of nitrogens with two attached hydrogens (primary N) is 1. The van der Waals surface area contributed by atoms with Gasteiger partial charge in [-0.1, -0.05) is 0 Å². The maximum Gasteiger partial charge on any atom is 0.165 e. The lowest BCUT2D eigenvalue weighted by Gasteiger charge is -2.33. The molecule has 1 saturated heterocycles. The van der Waals surface area contributed by atoms with Crippen LogP contribution in [-0.4, -0.2) is 29.8 Å². The summed E-state index contributed by atoms with van der Waals surface area (Å²) in [5.41, 5.74) is 6.38. The Balaban J connectivity index is 2.13. The lowest BCUT2D eigenvalue weighted by molar-refractivity contribution is 0.244. The molecule has 0 aromatic carbocycles. The molecule has 18 heavy (non-hydrogen) atoms. The molecular formula is C13H18N4O. The van der Waals surface area contributed by atoms with Gasteiger partial charge in [0.25, 0.3) is 0 Å². The largest absolute Gasteiger partial charge is 0.396 e. The normalized spacial score (nSPS) is 19.6. The number of anilines is 2. The molecule has 1 atom stereocenters. The van der Waals surface area contributed by atoms with Gasteiger partial charge >= 0.3 is 0 Å². The minimum Gasteiger partial charge on any atom is -0.396 e. The van der Waals surface area contributed by atoms with E-state index in [-0.39, 0.29) is 12.3 Å². The van der Waals surface area contributed by atoms with E-state index in [0.717, 1.165) is 38.2 Å². The average Bonchev–Trinajstić information content (AvgIpc) is 2.40. The van der Waals surface area contributed by atoms with Crippen LogP contribution in [0.2, 0.25) is 0 Å². The van der Waals surface area contributed by atoms with Crippen molar-refractivity contribution in [3.05, 3.63) is 17.8 Å². The topological polar surface area (TPSA) is 86.2 Å². The van der Waals surface area contributed by atoms with Gasteiger partial charge in [0.2, 0.25) is 0 Å². The highest BCUT2D eigenvalue weighted by molar-refractivity contribution is 5.55. The van der Waals surface area contributed by atoms with Crippen LogP contribution >= 0.6 is 0 Å². The van der Waals surface area contributed by atoms with Crippen LogP contribution in [0.15, 0.2) is 12.1 Å². The molecule has 1 fully saturated rings. The van der Waals surface area contributed by atoms with Crippen LogP contribution < -0.4 is 10.6 Å². The highest BCUT2D eigenvalue weighted by Gasteiger charge is 2.20. The first-order valence-electron chi connectivity index (χ1n) is 6.27. The summed E-state index contributed by atoms with van der Waals surface area (Å²) >= 11 is 0. The van der Waals surface area contributed by atoms with Gasteiger partial charge in [-0.2, -0.15) is 5.26 Å². The molecule has 1 unspecified atom stereocenters. The van der Waals surface area contributed by atoms with E-state index in [2.05, 4.69) is 9.88 Å². The van der Waals surface area contributed by atoms with Crippen molar-refractivity contribution in [2.24, 2.45) is 5.92 Å². The molecule has 5 heteroatoms. The van der Waals surface area contributed by atoms with E-state index in [1.807, 2.05) is 12.1 Å².